The molecule has 1 saturated heterocycles. The first kappa shape index (κ1) is 23.7. The van der Waals surface area contributed by atoms with E-state index in [0.717, 1.165) is 0 Å². The molecule has 1 aromatic heterocycles. The zero-order chi connectivity index (χ0) is 25.3. The minimum Gasteiger partial charge on any atom is -0.315 e. The molecular weight excluding hydrogens is 459 g/mol. The van der Waals surface area contributed by atoms with E-state index in [0.29, 0.717) is 48.4 Å². The average Bonchev–Trinajstić information content (AvgIpc) is 3.20. The van der Waals surface area contributed by atoms with Crippen LogP contribution in [0.1, 0.15) is 48.7 Å². The summed E-state index contributed by atoms with van der Waals surface area (Å²) in [6.45, 7) is 2.50. The van der Waals surface area contributed by atoms with Crippen molar-refractivity contribution in [2.45, 2.75) is 44.8 Å². The number of anilines is 2. The molecule has 2 aromatic carbocycles. The van der Waals surface area contributed by atoms with E-state index in [4.69, 9.17) is 0 Å². The molecule has 7 nitrogen and oxygen atoms in total. The summed E-state index contributed by atoms with van der Waals surface area (Å²) in [4.78, 5) is 48.9. The van der Waals surface area contributed by atoms with Gasteiger partial charge in [-0.25, -0.2) is 4.39 Å². The number of carbonyl (C=O) groups is 3. The van der Waals surface area contributed by atoms with Gasteiger partial charge in [0.15, 0.2) is 0 Å². The van der Waals surface area contributed by atoms with Crippen molar-refractivity contribution in [3.8, 4) is 0 Å². The zero-order valence-corrected chi connectivity index (χ0v) is 20.1. The van der Waals surface area contributed by atoms with Crippen molar-refractivity contribution in [2.24, 2.45) is 0 Å². The number of pyridine rings is 1. The van der Waals surface area contributed by atoms with Crippen molar-refractivity contribution in [3.05, 3.63) is 90.0 Å². The van der Waals surface area contributed by atoms with Gasteiger partial charge in [-0.2, -0.15) is 0 Å². The second-order valence-corrected chi connectivity index (χ2v) is 9.30. The summed E-state index contributed by atoms with van der Waals surface area (Å²) in [6, 6.07) is 18.5. The average molecular weight is 487 g/mol. The Kier molecular flexibility index (Phi) is 6.26. The Morgan fingerprint density at radius 2 is 1.81 bits per heavy atom. The van der Waals surface area contributed by atoms with Gasteiger partial charge in [-0.3, -0.25) is 24.3 Å². The number of halogens is 1. The van der Waals surface area contributed by atoms with Crippen LogP contribution in [0.15, 0.2) is 72.9 Å². The lowest BCUT2D eigenvalue weighted by Crippen LogP contribution is -2.62. The van der Waals surface area contributed by atoms with Crippen LogP contribution in [0.25, 0.3) is 0 Å². The minimum absolute atomic E-state index is 0.00336. The fourth-order valence-electron chi connectivity index (χ4n) is 5.16. The maximum absolute atomic E-state index is 13.5. The van der Waals surface area contributed by atoms with E-state index in [2.05, 4.69) is 4.98 Å². The van der Waals surface area contributed by atoms with Crippen LogP contribution in [0.4, 0.5) is 15.8 Å². The van der Waals surface area contributed by atoms with E-state index in [-0.39, 0.29) is 36.5 Å². The van der Waals surface area contributed by atoms with Crippen LogP contribution in [0, 0.1) is 5.82 Å². The summed E-state index contributed by atoms with van der Waals surface area (Å²) in [5, 5.41) is 0. The Hall–Kier alpha value is -4.07. The SMILES string of the molecule is CC12CCC(=O)N1c1ccccc1C(=O)N2CCCC(=O)N(Cc1ccccn1)c1ccc(F)cc1. The molecule has 184 valence electrons. The van der Waals surface area contributed by atoms with Gasteiger partial charge in [0.25, 0.3) is 5.91 Å². The molecule has 5 rings (SSSR count). The number of amides is 3. The van der Waals surface area contributed by atoms with Gasteiger partial charge in [-0.05, 0) is 68.3 Å². The van der Waals surface area contributed by atoms with Gasteiger partial charge in [-0.1, -0.05) is 18.2 Å². The summed E-state index contributed by atoms with van der Waals surface area (Å²) in [7, 11) is 0. The molecule has 1 fully saturated rings. The van der Waals surface area contributed by atoms with Crippen molar-refractivity contribution < 1.29 is 18.8 Å². The number of rotatable bonds is 7. The molecule has 0 saturated carbocycles. The summed E-state index contributed by atoms with van der Waals surface area (Å²) in [5.74, 6) is -0.662. The van der Waals surface area contributed by atoms with Crippen LogP contribution in [-0.4, -0.2) is 39.8 Å². The molecule has 0 bridgehead atoms. The number of nitrogens with zero attached hydrogens (tertiary/aromatic N) is 4. The molecule has 2 aliphatic heterocycles. The lowest BCUT2D eigenvalue weighted by molar-refractivity contribution is -0.119. The second kappa shape index (κ2) is 9.53. The van der Waals surface area contributed by atoms with E-state index in [9.17, 15) is 18.8 Å². The number of hydrogen-bond acceptors (Lipinski definition) is 4. The number of fused-ring (bicyclic) bond motifs is 3. The van der Waals surface area contributed by atoms with Crippen LogP contribution >= 0.6 is 0 Å². The number of hydrogen-bond donors (Lipinski definition) is 0. The molecule has 8 heteroatoms. The van der Waals surface area contributed by atoms with E-state index in [1.165, 1.54) is 12.1 Å². The number of carbonyl (C=O) groups excluding carboxylic acids is 3. The van der Waals surface area contributed by atoms with Gasteiger partial charge in [-0.15, -0.1) is 0 Å². The highest BCUT2D eigenvalue weighted by atomic mass is 19.1. The Balaban J connectivity index is 1.33. The third-order valence-corrected chi connectivity index (χ3v) is 7.00. The third kappa shape index (κ3) is 4.23. The van der Waals surface area contributed by atoms with Gasteiger partial charge >= 0.3 is 0 Å². The van der Waals surface area contributed by atoms with Crippen LogP contribution in [0.2, 0.25) is 0 Å². The third-order valence-electron chi connectivity index (χ3n) is 7.00. The summed E-state index contributed by atoms with van der Waals surface area (Å²) < 4.78 is 13.5. The number of benzene rings is 2. The molecule has 3 heterocycles. The van der Waals surface area contributed by atoms with Crippen LogP contribution < -0.4 is 9.80 Å². The van der Waals surface area contributed by atoms with Crippen molar-refractivity contribution in [3.63, 3.8) is 0 Å². The largest absolute Gasteiger partial charge is 0.315 e. The number of aromatic nitrogens is 1. The Morgan fingerprint density at radius 1 is 1.06 bits per heavy atom. The van der Waals surface area contributed by atoms with Gasteiger partial charge in [0, 0.05) is 31.3 Å². The topological polar surface area (TPSA) is 73.8 Å². The highest BCUT2D eigenvalue weighted by Gasteiger charge is 2.52. The van der Waals surface area contributed by atoms with Gasteiger partial charge < -0.3 is 9.80 Å². The standard InChI is InChI=1S/C28H27FN4O3/c1-28-16-15-26(35)33(28)24-9-3-2-8-23(24)27(36)32(28)18-6-10-25(34)31(19-21-7-4-5-17-30-21)22-13-11-20(29)12-14-22/h2-5,7-9,11-14,17H,6,10,15-16,18-19H2,1H3. The predicted molar refractivity (Wildman–Crippen MR) is 134 cm³/mol. The van der Waals surface area contributed by atoms with Crippen LogP contribution in [-0.2, 0) is 16.1 Å². The molecule has 3 aromatic rings. The van der Waals surface area contributed by atoms with Crippen molar-refractivity contribution in [2.75, 3.05) is 16.3 Å². The molecule has 36 heavy (non-hydrogen) atoms. The van der Waals surface area contributed by atoms with E-state index >= 15 is 0 Å². The first-order chi connectivity index (χ1) is 17.4. The summed E-state index contributed by atoms with van der Waals surface area (Å²) in [5.41, 5.74) is 1.69. The molecule has 1 unspecified atom stereocenters. The fraction of sp³-hybridized carbons (Fsp3) is 0.286. The van der Waals surface area contributed by atoms with Crippen LogP contribution in [0.5, 0.6) is 0 Å². The highest BCUT2D eigenvalue weighted by molar-refractivity contribution is 6.10. The summed E-state index contributed by atoms with van der Waals surface area (Å²) >= 11 is 0. The quantitative estimate of drug-likeness (QED) is 0.492. The molecule has 0 radical (unpaired) electrons. The van der Waals surface area contributed by atoms with Crippen molar-refractivity contribution >= 4 is 29.1 Å². The molecule has 0 aliphatic carbocycles. The normalized spacial score (nSPS) is 18.7. The Labute approximate surface area is 209 Å². The Morgan fingerprint density at radius 3 is 2.56 bits per heavy atom. The molecule has 3 amide bonds. The first-order valence-electron chi connectivity index (χ1n) is 12.1. The van der Waals surface area contributed by atoms with Crippen molar-refractivity contribution in [1.82, 2.24) is 9.88 Å². The van der Waals surface area contributed by atoms with Crippen LogP contribution in [0.3, 0.4) is 0 Å². The monoisotopic (exact) mass is 486 g/mol. The zero-order valence-electron chi connectivity index (χ0n) is 20.1. The molecule has 0 spiro atoms. The lowest BCUT2D eigenvalue weighted by Gasteiger charge is -2.48. The van der Waals surface area contributed by atoms with Gasteiger partial charge in [0.2, 0.25) is 11.8 Å². The smallest absolute Gasteiger partial charge is 0.257 e. The molecular formula is C28H27FN4O3. The minimum atomic E-state index is -0.754. The highest BCUT2D eigenvalue weighted by Crippen LogP contribution is 2.44. The Bertz CT molecular complexity index is 1300. The van der Waals surface area contributed by atoms with Crippen molar-refractivity contribution in [1.29, 1.82) is 0 Å². The number of para-hydroxylation sites is 1. The van der Waals surface area contributed by atoms with Gasteiger partial charge in [0.1, 0.15) is 11.5 Å². The van der Waals surface area contributed by atoms with E-state index < -0.39 is 5.66 Å². The maximum atomic E-state index is 13.5. The van der Waals surface area contributed by atoms with E-state index in [1.807, 2.05) is 31.2 Å². The predicted octanol–water partition coefficient (Wildman–Crippen LogP) is 4.53. The van der Waals surface area contributed by atoms with Gasteiger partial charge in [0.05, 0.1) is 23.5 Å². The second-order valence-electron chi connectivity index (χ2n) is 9.30. The lowest BCUT2D eigenvalue weighted by atomic mass is 9.98. The molecule has 1 atom stereocenters. The molecule has 0 N–H and O–H groups in total. The fourth-order valence-corrected chi connectivity index (χ4v) is 5.16. The summed E-state index contributed by atoms with van der Waals surface area (Å²) in [6.07, 6.45) is 3.18. The maximum Gasteiger partial charge on any atom is 0.257 e. The van der Waals surface area contributed by atoms with E-state index in [1.54, 1.807) is 51.2 Å². The first-order valence-corrected chi connectivity index (χ1v) is 12.1. The molecule has 2 aliphatic rings.